The average molecular weight is 214 g/mol. The van der Waals surface area contributed by atoms with Crippen molar-refractivity contribution in [3.63, 3.8) is 0 Å². The van der Waals surface area contributed by atoms with Gasteiger partial charge >= 0.3 is 0 Å². The largest absolute Gasteiger partial charge is 0.334 e. The van der Waals surface area contributed by atoms with Crippen molar-refractivity contribution in [2.75, 3.05) is 6.26 Å². The summed E-state index contributed by atoms with van der Waals surface area (Å²) in [5.41, 5.74) is 1.93. The molecule has 0 aliphatic rings. The molecule has 2 heterocycles. The Morgan fingerprint density at radius 2 is 2.31 bits per heavy atom. The monoisotopic (exact) mass is 213 g/mol. The molecule has 0 aromatic carbocycles. The van der Waals surface area contributed by atoms with Gasteiger partial charge in [-0.2, -0.15) is 0 Å². The fourth-order valence-electron chi connectivity index (χ4n) is 1.21. The molecule has 0 N–H and O–H groups in total. The SMILES string of the molecule is CSc1nc(Cl)cc2c1ncn2C. The van der Waals surface area contributed by atoms with Crippen molar-refractivity contribution in [3.8, 4) is 0 Å². The quantitative estimate of drug-likeness (QED) is 0.538. The normalized spacial score (nSPS) is 11.0. The van der Waals surface area contributed by atoms with Gasteiger partial charge in [-0.05, 0) is 6.26 Å². The highest BCUT2D eigenvalue weighted by Crippen LogP contribution is 2.25. The topological polar surface area (TPSA) is 30.7 Å². The molecule has 68 valence electrons. The molecule has 2 rings (SSSR count). The molecule has 2 aromatic heterocycles. The van der Waals surface area contributed by atoms with Gasteiger partial charge in [-0.15, -0.1) is 11.8 Å². The Kier molecular flexibility index (Phi) is 2.17. The van der Waals surface area contributed by atoms with E-state index in [1.54, 1.807) is 18.1 Å². The van der Waals surface area contributed by atoms with E-state index in [1.807, 2.05) is 23.9 Å². The lowest BCUT2D eigenvalue weighted by molar-refractivity contribution is 0.947. The van der Waals surface area contributed by atoms with E-state index in [2.05, 4.69) is 9.97 Å². The van der Waals surface area contributed by atoms with Crippen LogP contribution in [0.1, 0.15) is 0 Å². The van der Waals surface area contributed by atoms with Gasteiger partial charge in [0.25, 0.3) is 0 Å². The van der Waals surface area contributed by atoms with Gasteiger partial charge < -0.3 is 4.57 Å². The number of pyridine rings is 1. The molecule has 0 fully saturated rings. The van der Waals surface area contributed by atoms with Gasteiger partial charge in [0.2, 0.25) is 0 Å². The standard InChI is InChI=1S/C8H8ClN3S/c1-12-4-10-7-5(12)3-6(9)11-8(7)13-2/h3-4H,1-2H3. The van der Waals surface area contributed by atoms with Crippen LogP contribution in [0.2, 0.25) is 5.15 Å². The second kappa shape index (κ2) is 3.20. The van der Waals surface area contributed by atoms with Crippen molar-refractivity contribution in [1.82, 2.24) is 14.5 Å². The van der Waals surface area contributed by atoms with Gasteiger partial charge in [-0.3, -0.25) is 0 Å². The fraction of sp³-hybridized carbons (Fsp3) is 0.250. The van der Waals surface area contributed by atoms with Crippen molar-refractivity contribution in [2.45, 2.75) is 5.03 Å². The molecular weight excluding hydrogens is 206 g/mol. The van der Waals surface area contributed by atoms with Crippen molar-refractivity contribution >= 4 is 34.4 Å². The molecule has 0 radical (unpaired) electrons. The highest BCUT2D eigenvalue weighted by molar-refractivity contribution is 7.98. The summed E-state index contributed by atoms with van der Waals surface area (Å²) in [5.74, 6) is 0. The Labute approximate surface area is 85.1 Å². The third-order valence-corrected chi connectivity index (χ3v) is 2.71. The summed E-state index contributed by atoms with van der Waals surface area (Å²) in [7, 11) is 1.94. The van der Waals surface area contributed by atoms with E-state index in [0.29, 0.717) is 5.15 Å². The summed E-state index contributed by atoms with van der Waals surface area (Å²) in [5, 5.41) is 1.39. The predicted octanol–water partition coefficient (Wildman–Crippen LogP) is 2.34. The molecule has 0 aliphatic heterocycles. The number of fused-ring (bicyclic) bond motifs is 1. The number of aryl methyl sites for hydroxylation is 1. The van der Waals surface area contributed by atoms with E-state index < -0.39 is 0 Å². The van der Waals surface area contributed by atoms with Gasteiger partial charge in [0, 0.05) is 13.1 Å². The van der Waals surface area contributed by atoms with E-state index in [-0.39, 0.29) is 0 Å². The Balaban J connectivity index is 2.84. The average Bonchev–Trinajstić information content (AvgIpc) is 2.47. The fourth-order valence-corrected chi connectivity index (χ4v) is 1.99. The van der Waals surface area contributed by atoms with Crippen LogP contribution in [0.15, 0.2) is 17.4 Å². The zero-order valence-corrected chi connectivity index (χ0v) is 8.85. The predicted molar refractivity (Wildman–Crippen MR) is 55.3 cm³/mol. The van der Waals surface area contributed by atoms with Crippen LogP contribution in [0, 0.1) is 0 Å². The van der Waals surface area contributed by atoms with Gasteiger partial charge in [0.05, 0.1) is 11.8 Å². The summed E-state index contributed by atoms with van der Waals surface area (Å²) in [6.07, 6.45) is 3.73. The summed E-state index contributed by atoms with van der Waals surface area (Å²) < 4.78 is 1.93. The van der Waals surface area contributed by atoms with Crippen molar-refractivity contribution in [1.29, 1.82) is 0 Å². The number of nitrogens with zero attached hydrogens (tertiary/aromatic N) is 3. The molecule has 0 spiro atoms. The Morgan fingerprint density at radius 1 is 1.54 bits per heavy atom. The third kappa shape index (κ3) is 1.40. The second-order valence-electron chi connectivity index (χ2n) is 2.68. The first-order valence-corrected chi connectivity index (χ1v) is 5.34. The summed E-state index contributed by atoms with van der Waals surface area (Å²) in [6, 6.07) is 1.82. The molecule has 2 aromatic rings. The van der Waals surface area contributed by atoms with Gasteiger partial charge in [-0.25, -0.2) is 9.97 Å². The highest BCUT2D eigenvalue weighted by atomic mass is 35.5. The maximum Gasteiger partial charge on any atom is 0.132 e. The Morgan fingerprint density at radius 3 is 3.00 bits per heavy atom. The number of aromatic nitrogens is 3. The first kappa shape index (κ1) is 8.84. The van der Waals surface area contributed by atoms with Crippen LogP contribution in [0.25, 0.3) is 11.0 Å². The first-order valence-electron chi connectivity index (χ1n) is 3.74. The molecule has 0 saturated carbocycles. The molecule has 3 nitrogen and oxygen atoms in total. The van der Waals surface area contributed by atoms with Crippen LogP contribution >= 0.6 is 23.4 Å². The minimum absolute atomic E-state index is 0.514. The molecule has 0 bridgehead atoms. The van der Waals surface area contributed by atoms with E-state index in [1.165, 1.54) is 0 Å². The van der Waals surface area contributed by atoms with Crippen molar-refractivity contribution < 1.29 is 0 Å². The smallest absolute Gasteiger partial charge is 0.132 e. The maximum absolute atomic E-state index is 5.87. The second-order valence-corrected chi connectivity index (χ2v) is 3.86. The lowest BCUT2D eigenvalue weighted by Gasteiger charge is -1.99. The molecule has 5 heteroatoms. The number of hydrogen-bond acceptors (Lipinski definition) is 3. The van der Waals surface area contributed by atoms with E-state index in [4.69, 9.17) is 11.6 Å². The summed E-state index contributed by atoms with van der Waals surface area (Å²) >= 11 is 7.42. The van der Waals surface area contributed by atoms with Crippen LogP contribution in [0.3, 0.4) is 0 Å². The molecule has 0 saturated heterocycles. The Bertz CT molecular complexity index is 452. The van der Waals surface area contributed by atoms with Crippen LogP contribution < -0.4 is 0 Å². The molecule has 13 heavy (non-hydrogen) atoms. The number of halogens is 1. The van der Waals surface area contributed by atoms with Crippen molar-refractivity contribution in [3.05, 3.63) is 17.5 Å². The van der Waals surface area contributed by atoms with Gasteiger partial charge in [0.1, 0.15) is 15.7 Å². The van der Waals surface area contributed by atoms with Gasteiger partial charge in [0.15, 0.2) is 0 Å². The van der Waals surface area contributed by atoms with Crippen LogP contribution in [-0.2, 0) is 7.05 Å². The zero-order valence-electron chi connectivity index (χ0n) is 7.28. The molecule has 0 unspecified atom stereocenters. The van der Waals surface area contributed by atoms with Crippen LogP contribution in [0.5, 0.6) is 0 Å². The maximum atomic E-state index is 5.87. The number of rotatable bonds is 1. The lowest BCUT2D eigenvalue weighted by Crippen LogP contribution is -1.87. The first-order chi connectivity index (χ1) is 6.22. The number of hydrogen-bond donors (Lipinski definition) is 0. The minimum Gasteiger partial charge on any atom is -0.334 e. The lowest BCUT2D eigenvalue weighted by atomic mass is 10.4. The van der Waals surface area contributed by atoms with Crippen LogP contribution in [0.4, 0.5) is 0 Å². The van der Waals surface area contributed by atoms with Crippen molar-refractivity contribution in [2.24, 2.45) is 7.05 Å². The zero-order chi connectivity index (χ0) is 9.42. The number of imidazole rings is 1. The number of thioether (sulfide) groups is 1. The Hall–Kier alpha value is -0.740. The third-order valence-electron chi connectivity index (χ3n) is 1.84. The molecule has 0 aliphatic carbocycles. The van der Waals surface area contributed by atoms with Crippen LogP contribution in [-0.4, -0.2) is 20.8 Å². The molecule has 0 amide bonds. The van der Waals surface area contributed by atoms with E-state index in [9.17, 15) is 0 Å². The van der Waals surface area contributed by atoms with E-state index >= 15 is 0 Å². The van der Waals surface area contributed by atoms with E-state index in [0.717, 1.165) is 16.1 Å². The molecule has 0 atom stereocenters. The molecular formula is C8H8ClN3S. The summed E-state index contributed by atoms with van der Waals surface area (Å²) in [6.45, 7) is 0. The minimum atomic E-state index is 0.514. The summed E-state index contributed by atoms with van der Waals surface area (Å²) in [4.78, 5) is 8.44. The van der Waals surface area contributed by atoms with Gasteiger partial charge in [-0.1, -0.05) is 11.6 Å². The highest BCUT2D eigenvalue weighted by Gasteiger charge is 2.07.